The van der Waals surface area contributed by atoms with E-state index in [0.29, 0.717) is 17.3 Å². The number of halogens is 1. The summed E-state index contributed by atoms with van der Waals surface area (Å²) in [6.07, 6.45) is 0. The molecule has 1 N–H and O–H groups in total. The number of nitrogens with zero attached hydrogens (tertiary/aromatic N) is 1. The van der Waals surface area contributed by atoms with Crippen molar-refractivity contribution in [3.05, 3.63) is 56.9 Å². The van der Waals surface area contributed by atoms with Crippen molar-refractivity contribution in [2.45, 2.75) is 33.4 Å². The molecule has 0 unspecified atom stereocenters. The lowest BCUT2D eigenvalue weighted by Crippen LogP contribution is -2.36. The van der Waals surface area contributed by atoms with Gasteiger partial charge in [0.15, 0.2) is 0 Å². The summed E-state index contributed by atoms with van der Waals surface area (Å²) < 4.78 is 0. The zero-order valence-corrected chi connectivity index (χ0v) is 15.0. The highest BCUT2D eigenvalue weighted by Crippen LogP contribution is 2.29. The van der Waals surface area contributed by atoms with Crippen LogP contribution in [0.25, 0.3) is 10.9 Å². The predicted molar refractivity (Wildman–Crippen MR) is 97.4 cm³/mol. The molecule has 0 atom stereocenters. The summed E-state index contributed by atoms with van der Waals surface area (Å²) in [5, 5.41) is 3.44. The third kappa shape index (κ3) is 3.01. The molecule has 3 aromatic rings. The van der Waals surface area contributed by atoms with Gasteiger partial charge in [-0.3, -0.25) is 4.79 Å². The maximum atomic E-state index is 13.0. The lowest BCUT2D eigenvalue weighted by atomic mass is 10.2. The van der Waals surface area contributed by atoms with Crippen molar-refractivity contribution in [1.29, 1.82) is 0 Å². The number of hydrogen-bond acceptors (Lipinski definition) is 2. The van der Waals surface area contributed by atoms with Gasteiger partial charge in [-0.05, 0) is 43.8 Å². The molecule has 2 heterocycles. The van der Waals surface area contributed by atoms with E-state index in [0.717, 1.165) is 10.9 Å². The third-order valence-corrected chi connectivity index (χ3v) is 5.42. The second kappa shape index (κ2) is 6.38. The van der Waals surface area contributed by atoms with Crippen molar-refractivity contribution in [3.63, 3.8) is 0 Å². The molecule has 0 aliphatic heterocycles. The van der Waals surface area contributed by atoms with E-state index in [-0.39, 0.29) is 11.9 Å². The van der Waals surface area contributed by atoms with Gasteiger partial charge >= 0.3 is 0 Å². The van der Waals surface area contributed by atoms with Crippen LogP contribution in [0.3, 0.4) is 0 Å². The molecule has 0 fully saturated rings. The lowest BCUT2D eigenvalue weighted by molar-refractivity contribution is 0.0687. The van der Waals surface area contributed by atoms with Crippen molar-refractivity contribution in [1.82, 2.24) is 9.88 Å². The molecule has 2 aromatic heterocycles. The number of benzene rings is 1. The first-order valence-electron chi connectivity index (χ1n) is 7.59. The van der Waals surface area contributed by atoms with Gasteiger partial charge in [0.05, 0.1) is 11.6 Å². The highest BCUT2D eigenvalue weighted by molar-refractivity contribution is 7.10. The Bertz CT molecular complexity index is 850. The summed E-state index contributed by atoms with van der Waals surface area (Å²) in [5.41, 5.74) is 2.57. The standard InChI is InChI=1S/C18H19ClN2OS/c1-11(2)21(10-15-12(3)8-9-23-15)18(22)17-16(19)13-6-4-5-7-14(13)20-17/h4-9,11,20H,10H2,1-3H3. The molecule has 3 nitrogen and oxygen atoms in total. The van der Waals surface area contributed by atoms with E-state index in [1.807, 2.05) is 43.0 Å². The Kier molecular flexibility index (Phi) is 4.46. The van der Waals surface area contributed by atoms with E-state index < -0.39 is 0 Å². The van der Waals surface area contributed by atoms with Crippen LogP contribution in [0.4, 0.5) is 0 Å². The number of hydrogen-bond donors (Lipinski definition) is 1. The van der Waals surface area contributed by atoms with E-state index in [1.54, 1.807) is 11.3 Å². The van der Waals surface area contributed by atoms with Crippen molar-refractivity contribution in [2.24, 2.45) is 0 Å². The van der Waals surface area contributed by atoms with Gasteiger partial charge in [-0.1, -0.05) is 29.8 Å². The molecule has 5 heteroatoms. The van der Waals surface area contributed by atoms with Crippen LogP contribution in [0.5, 0.6) is 0 Å². The minimum atomic E-state index is -0.0611. The SMILES string of the molecule is Cc1ccsc1CN(C(=O)c1[nH]c2ccccc2c1Cl)C(C)C. The van der Waals surface area contributed by atoms with Gasteiger partial charge in [0.2, 0.25) is 0 Å². The molecule has 0 aliphatic rings. The second-order valence-electron chi connectivity index (χ2n) is 5.91. The van der Waals surface area contributed by atoms with Crippen LogP contribution in [0.2, 0.25) is 5.02 Å². The normalized spacial score (nSPS) is 11.3. The van der Waals surface area contributed by atoms with Crippen LogP contribution in [-0.2, 0) is 6.54 Å². The van der Waals surface area contributed by atoms with Gasteiger partial charge < -0.3 is 9.88 Å². The van der Waals surface area contributed by atoms with Crippen molar-refractivity contribution in [2.75, 3.05) is 0 Å². The number of thiophene rings is 1. The van der Waals surface area contributed by atoms with Crippen LogP contribution in [-0.4, -0.2) is 21.8 Å². The summed E-state index contributed by atoms with van der Waals surface area (Å²) in [6.45, 7) is 6.73. The first-order valence-corrected chi connectivity index (χ1v) is 8.85. The molecule has 0 saturated carbocycles. The molecule has 1 aromatic carbocycles. The van der Waals surface area contributed by atoms with Crippen molar-refractivity contribution in [3.8, 4) is 0 Å². The molecule has 0 aliphatic carbocycles. The van der Waals surface area contributed by atoms with Crippen LogP contribution in [0.1, 0.15) is 34.8 Å². The Labute approximate surface area is 144 Å². The molecular formula is C18H19ClN2OS. The van der Waals surface area contributed by atoms with Gasteiger partial charge in [0.25, 0.3) is 5.91 Å². The van der Waals surface area contributed by atoms with Crippen LogP contribution in [0, 0.1) is 6.92 Å². The average Bonchev–Trinajstić information content (AvgIpc) is 3.08. The summed E-state index contributed by atoms with van der Waals surface area (Å²) >= 11 is 8.12. The predicted octanol–water partition coefficient (Wildman–Crippen LogP) is 5.24. The molecule has 120 valence electrons. The monoisotopic (exact) mass is 346 g/mol. The number of aromatic amines is 1. The first kappa shape index (κ1) is 16.1. The van der Waals surface area contributed by atoms with E-state index in [4.69, 9.17) is 11.6 Å². The van der Waals surface area contributed by atoms with Crippen LogP contribution < -0.4 is 0 Å². The number of carbonyl (C=O) groups is 1. The zero-order chi connectivity index (χ0) is 16.6. The van der Waals surface area contributed by atoms with E-state index in [2.05, 4.69) is 23.4 Å². The Morgan fingerprint density at radius 2 is 2.04 bits per heavy atom. The highest BCUT2D eigenvalue weighted by Gasteiger charge is 2.24. The topological polar surface area (TPSA) is 36.1 Å². The minimum absolute atomic E-state index is 0.0611. The molecule has 3 rings (SSSR count). The number of para-hydroxylation sites is 1. The highest BCUT2D eigenvalue weighted by atomic mass is 35.5. The Hall–Kier alpha value is -1.78. The first-order chi connectivity index (χ1) is 11.0. The van der Waals surface area contributed by atoms with E-state index >= 15 is 0 Å². The molecule has 23 heavy (non-hydrogen) atoms. The fraction of sp³-hybridized carbons (Fsp3) is 0.278. The Balaban J connectivity index is 1.97. The number of nitrogens with one attached hydrogen (secondary N) is 1. The summed E-state index contributed by atoms with van der Waals surface area (Å²) in [7, 11) is 0. The summed E-state index contributed by atoms with van der Waals surface area (Å²) in [6, 6.07) is 9.88. The minimum Gasteiger partial charge on any atom is -0.349 e. The molecular weight excluding hydrogens is 328 g/mol. The number of aryl methyl sites for hydroxylation is 1. The zero-order valence-electron chi connectivity index (χ0n) is 13.4. The molecule has 0 saturated heterocycles. The van der Waals surface area contributed by atoms with Gasteiger partial charge in [0.1, 0.15) is 5.69 Å². The van der Waals surface area contributed by atoms with Crippen LogP contribution in [0.15, 0.2) is 35.7 Å². The Morgan fingerprint density at radius 3 is 2.65 bits per heavy atom. The average molecular weight is 347 g/mol. The molecule has 0 bridgehead atoms. The third-order valence-electron chi connectivity index (χ3n) is 4.02. The number of H-pyrrole nitrogens is 1. The fourth-order valence-corrected chi connectivity index (χ4v) is 3.81. The van der Waals surface area contributed by atoms with Gasteiger partial charge in [0, 0.05) is 21.8 Å². The number of carbonyl (C=O) groups excluding carboxylic acids is 1. The summed E-state index contributed by atoms with van der Waals surface area (Å²) in [5.74, 6) is -0.0611. The number of aromatic nitrogens is 1. The summed E-state index contributed by atoms with van der Waals surface area (Å²) in [4.78, 5) is 19.3. The molecule has 1 amide bonds. The number of amides is 1. The lowest BCUT2D eigenvalue weighted by Gasteiger charge is -2.26. The fourth-order valence-electron chi connectivity index (χ4n) is 2.61. The van der Waals surface area contributed by atoms with Gasteiger partial charge in [-0.15, -0.1) is 11.3 Å². The molecule has 0 spiro atoms. The van der Waals surface area contributed by atoms with E-state index in [1.165, 1.54) is 10.4 Å². The second-order valence-corrected chi connectivity index (χ2v) is 7.29. The molecule has 0 radical (unpaired) electrons. The number of rotatable bonds is 4. The smallest absolute Gasteiger partial charge is 0.272 e. The van der Waals surface area contributed by atoms with Gasteiger partial charge in [-0.25, -0.2) is 0 Å². The van der Waals surface area contributed by atoms with Crippen molar-refractivity contribution < 1.29 is 4.79 Å². The Morgan fingerprint density at radius 1 is 1.30 bits per heavy atom. The van der Waals surface area contributed by atoms with Gasteiger partial charge in [-0.2, -0.15) is 0 Å². The largest absolute Gasteiger partial charge is 0.349 e. The maximum absolute atomic E-state index is 13.0. The van der Waals surface area contributed by atoms with E-state index in [9.17, 15) is 4.79 Å². The van der Waals surface area contributed by atoms with Crippen LogP contribution >= 0.6 is 22.9 Å². The number of fused-ring (bicyclic) bond motifs is 1. The quantitative estimate of drug-likeness (QED) is 0.688. The maximum Gasteiger partial charge on any atom is 0.272 e. The van der Waals surface area contributed by atoms with Crippen molar-refractivity contribution >= 4 is 39.7 Å².